The Morgan fingerprint density at radius 3 is 2.61 bits per heavy atom. The van der Waals surface area contributed by atoms with E-state index in [-0.39, 0.29) is 23.7 Å². The van der Waals surface area contributed by atoms with Crippen LogP contribution < -0.4 is 10.1 Å². The fourth-order valence-electron chi connectivity index (χ4n) is 2.74. The predicted molar refractivity (Wildman–Crippen MR) is 81.5 cm³/mol. The first-order chi connectivity index (χ1) is 11.0. The van der Waals surface area contributed by atoms with E-state index < -0.39 is 17.3 Å². The molecule has 1 amide bonds. The molecule has 6 heteroatoms. The SMILES string of the molecule is CC(=O)c1ccc(OCC(=O)NC2(C#N)CCCCC2)cc1F. The Morgan fingerprint density at radius 1 is 1.35 bits per heavy atom. The van der Waals surface area contributed by atoms with Crippen molar-refractivity contribution in [3.05, 3.63) is 29.6 Å². The number of ketones is 1. The molecule has 0 spiro atoms. The van der Waals surface area contributed by atoms with Gasteiger partial charge in [-0.1, -0.05) is 19.3 Å². The smallest absolute Gasteiger partial charge is 0.259 e. The molecule has 1 aliphatic carbocycles. The highest BCUT2D eigenvalue weighted by Gasteiger charge is 2.33. The van der Waals surface area contributed by atoms with Crippen LogP contribution in [0.25, 0.3) is 0 Å². The molecule has 2 rings (SSSR count). The Bertz CT molecular complexity index is 646. The molecule has 1 N–H and O–H groups in total. The lowest BCUT2D eigenvalue weighted by Gasteiger charge is -2.31. The maximum atomic E-state index is 13.7. The molecule has 0 aromatic heterocycles. The third-order valence-corrected chi connectivity index (χ3v) is 3.99. The van der Waals surface area contributed by atoms with Gasteiger partial charge in [0.2, 0.25) is 0 Å². The van der Waals surface area contributed by atoms with E-state index in [1.54, 1.807) is 0 Å². The van der Waals surface area contributed by atoms with Crippen LogP contribution in [0.1, 0.15) is 49.4 Å². The van der Waals surface area contributed by atoms with Crippen molar-refractivity contribution in [3.63, 3.8) is 0 Å². The summed E-state index contributed by atoms with van der Waals surface area (Å²) in [4.78, 5) is 23.1. The average Bonchev–Trinajstić information content (AvgIpc) is 2.53. The second kappa shape index (κ2) is 7.23. The molecule has 0 aliphatic heterocycles. The molecule has 5 nitrogen and oxygen atoms in total. The van der Waals surface area contributed by atoms with E-state index in [0.717, 1.165) is 25.3 Å². The maximum Gasteiger partial charge on any atom is 0.259 e. The van der Waals surface area contributed by atoms with Gasteiger partial charge < -0.3 is 10.1 Å². The van der Waals surface area contributed by atoms with Crippen molar-refractivity contribution < 1.29 is 18.7 Å². The normalized spacial score (nSPS) is 16.2. The highest BCUT2D eigenvalue weighted by atomic mass is 19.1. The topological polar surface area (TPSA) is 79.2 Å². The van der Waals surface area contributed by atoms with Crippen LogP contribution in [-0.2, 0) is 4.79 Å². The van der Waals surface area contributed by atoms with Gasteiger partial charge in [-0.15, -0.1) is 0 Å². The molecule has 1 saturated carbocycles. The van der Waals surface area contributed by atoms with Crippen LogP contribution in [0.5, 0.6) is 5.75 Å². The van der Waals surface area contributed by atoms with Crippen LogP contribution in [0.3, 0.4) is 0 Å². The van der Waals surface area contributed by atoms with Crippen molar-refractivity contribution in [1.29, 1.82) is 5.26 Å². The van der Waals surface area contributed by atoms with E-state index in [9.17, 15) is 19.2 Å². The lowest BCUT2D eigenvalue weighted by Crippen LogP contribution is -2.50. The van der Waals surface area contributed by atoms with E-state index in [0.29, 0.717) is 12.8 Å². The number of hydrogen-bond acceptors (Lipinski definition) is 4. The van der Waals surface area contributed by atoms with Gasteiger partial charge in [0.25, 0.3) is 5.91 Å². The lowest BCUT2D eigenvalue weighted by atomic mass is 9.83. The molecule has 0 radical (unpaired) electrons. The van der Waals surface area contributed by atoms with Crippen molar-refractivity contribution in [2.45, 2.75) is 44.6 Å². The standard InChI is InChI=1S/C17H19FN2O3/c1-12(21)14-6-5-13(9-15(14)18)23-10-16(22)20-17(11-19)7-3-2-4-8-17/h5-6,9H,2-4,7-8,10H2,1H3,(H,20,22). The fourth-order valence-corrected chi connectivity index (χ4v) is 2.74. The zero-order valence-corrected chi connectivity index (χ0v) is 13.0. The number of halogens is 1. The first-order valence-corrected chi connectivity index (χ1v) is 7.61. The number of carbonyl (C=O) groups is 2. The molecule has 0 unspecified atom stereocenters. The maximum absolute atomic E-state index is 13.7. The summed E-state index contributed by atoms with van der Waals surface area (Å²) in [6, 6.07) is 6.03. The van der Waals surface area contributed by atoms with Gasteiger partial charge in [0, 0.05) is 6.07 Å². The molecule has 0 atom stereocenters. The summed E-state index contributed by atoms with van der Waals surface area (Å²) in [7, 11) is 0. The molecular formula is C17H19FN2O3. The Labute approximate surface area is 134 Å². The van der Waals surface area contributed by atoms with Crippen LogP contribution in [0.2, 0.25) is 0 Å². The highest BCUT2D eigenvalue weighted by molar-refractivity contribution is 5.94. The molecule has 0 saturated heterocycles. The number of amides is 1. The summed E-state index contributed by atoms with van der Waals surface area (Å²) in [6.07, 6.45) is 4.16. The molecule has 23 heavy (non-hydrogen) atoms. The molecule has 1 aromatic rings. The van der Waals surface area contributed by atoms with Gasteiger partial charge in [-0.2, -0.15) is 5.26 Å². The Kier molecular flexibility index (Phi) is 5.32. The van der Waals surface area contributed by atoms with E-state index in [1.807, 2.05) is 0 Å². The monoisotopic (exact) mass is 318 g/mol. The van der Waals surface area contributed by atoms with Crippen molar-refractivity contribution in [1.82, 2.24) is 5.32 Å². The molecule has 1 fully saturated rings. The van der Waals surface area contributed by atoms with Crippen LogP contribution in [0.4, 0.5) is 4.39 Å². The van der Waals surface area contributed by atoms with E-state index >= 15 is 0 Å². The molecular weight excluding hydrogens is 299 g/mol. The second-order valence-corrected chi connectivity index (χ2v) is 5.79. The first kappa shape index (κ1) is 16.9. The summed E-state index contributed by atoms with van der Waals surface area (Å²) < 4.78 is 18.9. The Morgan fingerprint density at radius 2 is 2.04 bits per heavy atom. The van der Waals surface area contributed by atoms with Crippen LogP contribution in [0, 0.1) is 17.1 Å². The predicted octanol–water partition coefficient (Wildman–Crippen LogP) is 2.75. The minimum absolute atomic E-state index is 0.0209. The van der Waals surface area contributed by atoms with Crippen LogP contribution in [0.15, 0.2) is 18.2 Å². The summed E-state index contributed by atoms with van der Waals surface area (Å²) in [6.45, 7) is 0.972. The molecule has 1 aliphatic rings. The minimum atomic E-state index is -0.817. The van der Waals surface area contributed by atoms with Crippen molar-refractivity contribution in [2.24, 2.45) is 0 Å². The van der Waals surface area contributed by atoms with Gasteiger partial charge in [-0.05, 0) is 31.9 Å². The number of rotatable bonds is 5. The number of benzene rings is 1. The average molecular weight is 318 g/mol. The summed E-state index contributed by atoms with van der Waals surface area (Å²) >= 11 is 0. The van der Waals surface area contributed by atoms with Gasteiger partial charge in [0.1, 0.15) is 17.1 Å². The molecule has 1 aromatic carbocycles. The van der Waals surface area contributed by atoms with Crippen LogP contribution in [-0.4, -0.2) is 23.8 Å². The zero-order chi connectivity index (χ0) is 16.9. The second-order valence-electron chi connectivity index (χ2n) is 5.79. The van der Waals surface area contributed by atoms with E-state index in [4.69, 9.17) is 4.74 Å². The number of nitrogens with zero attached hydrogens (tertiary/aromatic N) is 1. The number of Topliss-reactive ketones (excluding diaryl/α,β-unsaturated/α-hetero) is 1. The van der Waals surface area contributed by atoms with Gasteiger partial charge in [-0.25, -0.2) is 4.39 Å². The minimum Gasteiger partial charge on any atom is -0.484 e. The summed E-state index contributed by atoms with van der Waals surface area (Å²) in [5.74, 6) is -1.31. The molecule has 0 heterocycles. The Balaban J connectivity index is 1.93. The first-order valence-electron chi connectivity index (χ1n) is 7.61. The van der Waals surface area contributed by atoms with E-state index in [1.165, 1.54) is 19.1 Å². The number of hydrogen-bond donors (Lipinski definition) is 1. The summed E-state index contributed by atoms with van der Waals surface area (Å²) in [5.41, 5.74) is -0.838. The summed E-state index contributed by atoms with van der Waals surface area (Å²) in [5, 5.41) is 12.0. The van der Waals surface area contributed by atoms with Gasteiger partial charge in [0.05, 0.1) is 11.6 Å². The molecule has 122 valence electrons. The van der Waals surface area contributed by atoms with Gasteiger partial charge >= 0.3 is 0 Å². The van der Waals surface area contributed by atoms with Gasteiger partial charge in [0.15, 0.2) is 12.4 Å². The van der Waals surface area contributed by atoms with Crippen molar-refractivity contribution in [3.8, 4) is 11.8 Å². The fraction of sp³-hybridized carbons (Fsp3) is 0.471. The number of ether oxygens (including phenoxy) is 1. The number of nitrogens with one attached hydrogen (secondary N) is 1. The highest BCUT2D eigenvalue weighted by Crippen LogP contribution is 2.27. The third kappa shape index (κ3) is 4.28. The zero-order valence-electron chi connectivity index (χ0n) is 13.0. The molecule has 0 bridgehead atoms. The lowest BCUT2D eigenvalue weighted by molar-refractivity contribution is -0.124. The van der Waals surface area contributed by atoms with Crippen molar-refractivity contribution >= 4 is 11.7 Å². The third-order valence-electron chi connectivity index (χ3n) is 3.99. The largest absolute Gasteiger partial charge is 0.484 e. The van der Waals surface area contributed by atoms with Gasteiger partial charge in [-0.3, -0.25) is 9.59 Å². The quantitative estimate of drug-likeness (QED) is 0.847. The number of nitriles is 1. The van der Waals surface area contributed by atoms with Crippen LogP contribution >= 0.6 is 0 Å². The van der Waals surface area contributed by atoms with Crippen molar-refractivity contribution in [2.75, 3.05) is 6.61 Å². The number of carbonyl (C=O) groups excluding carboxylic acids is 2. The Hall–Kier alpha value is -2.42. The van der Waals surface area contributed by atoms with E-state index in [2.05, 4.69) is 11.4 Å².